The Morgan fingerprint density at radius 2 is 1.90 bits per heavy atom. The summed E-state index contributed by atoms with van der Waals surface area (Å²) in [6.07, 6.45) is 4.80. The first kappa shape index (κ1) is 14.8. The Morgan fingerprint density at radius 1 is 1.19 bits per heavy atom. The predicted molar refractivity (Wildman–Crippen MR) is 90.9 cm³/mol. The molecule has 1 fully saturated rings. The predicted octanol–water partition coefficient (Wildman–Crippen LogP) is 4.75. The number of benzene rings is 1. The van der Waals surface area contributed by atoms with Crippen molar-refractivity contribution in [3.63, 3.8) is 0 Å². The lowest BCUT2D eigenvalue weighted by Gasteiger charge is -2.30. The summed E-state index contributed by atoms with van der Waals surface area (Å²) >= 11 is 4.90. The molecule has 1 N–H and O–H groups in total. The lowest BCUT2D eigenvalue weighted by atomic mass is 9.79. The van der Waals surface area contributed by atoms with Crippen LogP contribution < -0.4 is 5.32 Å². The van der Waals surface area contributed by atoms with Crippen molar-refractivity contribution in [2.24, 2.45) is 0 Å². The Morgan fingerprint density at radius 3 is 2.52 bits per heavy atom. The molecule has 1 aliphatic carbocycles. The number of thiophene rings is 1. The van der Waals surface area contributed by atoms with Crippen molar-refractivity contribution in [1.82, 2.24) is 5.32 Å². The molecule has 1 aromatic carbocycles. The second kappa shape index (κ2) is 6.32. The van der Waals surface area contributed by atoms with Gasteiger partial charge >= 0.3 is 0 Å². The first-order chi connectivity index (χ1) is 10.2. The number of nitrogens with one attached hydrogen (secondary N) is 1. The number of halogens is 1. The summed E-state index contributed by atoms with van der Waals surface area (Å²) in [5, 5.41) is 5.08. The van der Waals surface area contributed by atoms with E-state index < -0.39 is 0 Å². The van der Waals surface area contributed by atoms with Gasteiger partial charge in [0.15, 0.2) is 0 Å². The fraction of sp³-hybridized carbons (Fsp3) is 0.353. The summed E-state index contributed by atoms with van der Waals surface area (Å²) in [5.74, 6) is 0.0269. The molecule has 2 aromatic rings. The molecule has 0 radical (unpaired) electrons. The fourth-order valence-electron chi connectivity index (χ4n) is 3.20. The third-order valence-corrected chi connectivity index (χ3v) is 6.19. The molecule has 110 valence electrons. The van der Waals surface area contributed by atoms with E-state index in [1.807, 2.05) is 17.5 Å². The zero-order valence-corrected chi connectivity index (χ0v) is 14.2. The van der Waals surface area contributed by atoms with Crippen LogP contribution in [0.1, 0.15) is 40.9 Å². The molecule has 1 heterocycles. The van der Waals surface area contributed by atoms with Crippen LogP contribution in [-0.4, -0.2) is 12.5 Å². The summed E-state index contributed by atoms with van der Waals surface area (Å²) in [7, 11) is 0. The van der Waals surface area contributed by atoms with Crippen molar-refractivity contribution in [3.05, 3.63) is 56.7 Å². The standard InChI is InChI=1S/C17H18BrNOS/c18-14-8-11-21-15(14)16(20)19-12-17(9-4-5-10-17)13-6-2-1-3-7-13/h1-3,6-8,11H,4-5,9-10,12H2,(H,19,20). The lowest BCUT2D eigenvalue weighted by Crippen LogP contribution is -2.38. The maximum absolute atomic E-state index is 12.3. The molecule has 0 atom stereocenters. The van der Waals surface area contributed by atoms with Crippen molar-refractivity contribution in [1.29, 1.82) is 0 Å². The molecule has 3 rings (SSSR count). The van der Waals surface area contributed by atoms with E-state index in [0.717, 1.165) is 28.7 Å². The highest BCUT2D eigenvalue weighted by Crippen LogP contribution is 2.40. The molecular weight excluding hydrogens is 346 g/mol. The highest BCUT2D eigenvalue weighted by Gasteiger charge is 2.35. The highest BCUT2D eigenvalue weighted by molar-refractivity contribution is 9.10. The molecule has 0 spiro atoms. The molecule has 0 bridgehead atoms. The minimum atomic E-state index is 0.0269. The van der Waals surface area contributed by atoms with Crippen LogP contribution in [0.5, 0.6) is 0 Å². The Labute approximate surface area is 137 Å². The molecule has 1 amide bonds. The van der Waals surface area contributed by atoms with Gasteiger partial charge in [0.2, 0.25) is 0 Å². The van der Waals surface area contributed by atoms with Crippen molar-refractivity contribution < 1.29 is 4.79 Å². The van der Waals surface area contributed by atoms with Gasteiger partial charge < -0.3 is 5.32 Å². The second-order valence-corrected chi connectivity index (χ2v) is 7.40. The van der Waals surface area contributed by atoms with Crippen molar-refractivity contribution in [3.8, 4) is 0 Å². The van der Waals surface area contributed by atoms with Gasteiger partial charge in [-0.3, -0.25) is 4.79 Å². The minimum Gasteiger partial charge on any atom is -0.350 e. The van der Waals surface area contributed by atoms with E-state index in [0.29, 0.717) is 0 Å². The van der Waals surface area contributed by atoms with Gasteiger partial charge in [-0.2, -0.15) is 0 Å². The van der Waals surface area contributed by atoms with Gasteiger partial charge in [-0.15, -0.1) is 11.3 Å². The number of hydrogen-bond acceptors (Lipinski definition) is 2. The van der Waals surface area contributed by atoms with Crippen LogP contribution in [0, 0.1) is 0 Å². The number of hydrogen-bond donors (Lipinski definition) is 1. The monoisotopic (exact) mass is 363 g/mol. The van der Waals surface area contributed by atoms with E-state index in [1.165, 1.54) is 29.7 Å². The molecule has 1 aromatic heterocycles. The molecule has 1 saturated carbocycles. The Hall–Kier alpha value is -1.13. The maximum Gasteiger partial charge on any atom is 0.262 e. The average Bonchev–Trinajstić information content (AvgIpc) is 3.15. The zero-order valence-electron chi connectivity index (χ0n) is 11.8. The molecular formula is C17H18BrNOS. The van der Waals surface area contributed by atoms with Gasteiger partial charge in [-0.1, -0.05) is 43.2 Å². The molecule has 21 heavy (non-hydrogen) atoms. The SMILES string of the molecule is O=C(NCC1(c2ccccc2)CCCC1)c1sccc1Br. The first-order valence-electron chi connectivity index (χ1n) is 7.28. The van der Waals surface area contributed by atoms with Crippen LogP contribution in [-0.2, 0) is 5.41 Å². The normalized spacial score (nSPS) is 16.8. The lowest BCUT2D eigenvalue weighted by molar-refractivity contribution is 0.0946. The van der Waals surface area contributed by atoms with Crippen LogP contribution in [0.3, 0.4) is 0 Å². The smallest absolute Gasteiger partial charge is 0.262 e. The van der Waals surface area contributed by atoms with E-state index in [4.69, 9.17) is 0 Å². The molecule has 4 heteroatoms. The third-order valence-electron chi connectivity index (χ3n) is 4.36. The topological polar surface area (TPSA) is 29.1 Å². The average molecular weight is 364 g/mol. The Kier molecular flexibility index (Phi) is 4.45. The zero-order chi connectivity index (χ0) is 14.7. The van der Waals surface area contributed by atoms with Gasteiger partial charge in [0, 0.05) is 16.4 Å². The maximum atomic E-state index is 12.3. The first-order valence-corrected chi connectivity index (χ1v) is 8.95. The number of carbonyl (C=O) groups is 1. The van der Waals surface area contributed by atoms with Gasteiger partial charge in [-0.05, 0) is 45.8 Å². The van der Waals surface area contributed by atoms with Crippen LogP contribution in [0.15, 0.2) is 46.3 Å². The van der Waals surface area contributed by atoms with Gasteiger partial charge in [0.1, 0.15) is 4.88 Å². The summed E-state index contributed by atoms with van der Waals surface area (Å²) < 4.78 is 0.880. The molecule has 0 unspecified atom stereocenters. The van der Waals surface area contributed by atoms with Crippen LogP contribution in [0.2, 0.25) is 0 Å². The van der Waals surface area contributed by atoms with E-state index in [9.17, 15) is 4.79 Å². The Balaban J connectivity index is 1.75. The molecule has 0 saturated heterocycles. The minimum absolute atomic E-state index is 0.0269. The van der Waals surface area contributed by atoms with E-state index >= 15 is 0 Å². The largest absolute Gasteiger partial charge is 0.350 e. The Bertz CT molecular complexity index is 617. The van der Waals surface area contributed by atoms with Gasteiger partial charge in [0.05, 0.1) is 0 Å². The quantitative estimate of drug-likeness (QED) is 0.833. The van der Waals surface area contributed by atoms with Crippen LogP contribution >= 0.6 is 27.3 Å². The number of rotatable bonds is 4. The summed E-state index contributed by atoms with van der Waals surface area (Å²) in [6, 6.07) is 12.5. The van der Waals surface area contributed by atoms with Crippen LogP contribution in [0.25, 0.3) is 0 Å². The van der Waals surface area contributed by atoms with Crippen molar-refractivity contribution >= 4 is 33.2 Å². The molecule has 1 aliphatic rings. The van der Waals surface area contributed by atoms with Crippen LogP contribution in [0.4, 0.5) is 0 Å². The third kappa shape index (κ3) is 3.06. The highest BCUT2D eigenvalue weighted by atomic mass is 79.9. The van der Waals surface area contributed by atoms with Gasteiger partial charge in [0.25, 0.3) is 5.91 Å². The van der Waals surface area contributed by atoms with E-state index in [-0.39, 0.29) is 11.3 Å². The summed E-state index contributed by atoms with van der Waals surface area (Å²) in [6.45, 7) is 0.722. The van der Waals surface area contributed by atoms with E-state index in [1.54, 1.807) is 0 Å². The summed E-state index contributed by atoms with van der Waals surface area (Å²) in [4.78, 5) is 13.1. The second-order valence-electron chi connectivity index (χ2n) is 5.63. The number of carbonyl (C=O) groups excluding carboxylic acids is 1. The van der Waals surface area contributed by atoms with E-state index in [2.05, 4.69) is 45.5 Å². The molecule has 0 aliphatic heterocycles. The van der Waals surface area contributed by atoms with Gasteiger partial charge in [-0.25, -0.2) is 0 Å². The number of amides is 1. The fourth-order valence-corrected chi connectivity index (χ4v) is 4.66. The molecule has 2 nitrogen and oxygen atoms in total. The summed E-state index contributed by atoms with van der Waals surface area (Å²) in [5.41, 5.74) is 1.47. The van der Waals surface area contributed by atoms with Crippen molar-refractivity contribution in [2.45, 2.75) is 31.1 Å². The van der Waals surface area contributed by atoms with Crippen molar-refractivity contribution in [2.75, 3.05) is 6.54 Å².